The zero-order valence-corrected chi connectivity index (χ0v) is 10.6. The van der Waals surface area contributed by atoms with E-state index in [1.165, 1.54) is 30.5 Å². The summed E-state index contributed by atoms with van der Waals surface area (Å²) in [4.78, 5) is 11.7. The van der Waals surface area contributed by atoms with Gasteiger partial charge in [-0.15, -0.1) is 0 Å². The first-order valence-corrected chi connectivity index (χ1v) is 5.91. The summed E-state index contributed by atoms with van der Waals surface area (Å²) in [6.45, 7) is 0. The van der Waals surface area contributed by atoms with Gasteiger partial charge in [0, 0.05) is 10.6 Å². The number of hydrazone groups is 1. The topological polar surface area (TPSA) is 61.7 Å². The number of amides is 1. The van der Waals surface area contributed by atoms with Gasteiger partial charge in [0.2, 0.25) is 0 Å². The molecule has 0 spiro atoms. The minimum absolute atomic E-state index is 0.112. The molecule has 0 unspecified atom stereocenters. The molecule has 0 saturated carbocycles. The van der Waals surface area contributed by atoms with Crippen molar-refractivity contribution in [1.29, 1.82) is 0 Å². The molecule has 2 aromatic rings. The molecular weight excluding hydrogens is 264 g/mol. The van der Waals surface area contributed by atoms with Gasteiger partial charge >= 0.3 is 0 Å². The second-order valence-corrected chi connectivity index (χ2v) is 4.23. The van der Waals surface area contributed by atoms with Gasteiger partial charge in [0.05, 0.1) is 6.21 Å². The smallest absolute Gasteiger partial charge is 0.271 e. The maximum Gasteiger partial charge on any atom is 0.271 e. The van der Waals surface area contributed by atoms with E-state index in [1.54, 1.807) is 24.3 Å². The largest absolute Gasteiger partial charge is 0.508 e. The number of hydrogen-bond acceptors (Lipinski definition) is 3. The van der Waals surface area contributed by atoms with E-state index >= 15 is 0 Å². The van der Waals surface area contributed by atoms with E-state index in [1.807, 2.05) is 0 Å². The van der Waals surface area contributed by atoms with Gasteiger partial charge in [0.25, 0.3) is 5.91 Å². The molecule has 0 radical (unpaired) electrons. The van der Waals surface area contributed by atoms with Crippen LogP contribution in [0.4, 0.5) is 0 Å². The first-order chi connectivity index (χ1) is 9.15. The van der Waals surface area contributed by atoms with E-state index in [4.69, 9.17) is 16.7 Å². The lowest BCUT2D eigenvalue weighted by atomic mass is 10.2. The van der Waals surface area contributed by atoms with Gasteiger partial charge in [-0.1, -0.05) is 23.7 Å². The van der Waals surface area contributed by atoms with Crippen LogP contribution >= 0.6 is 11.6 Å². The maximum absolute atomic E-state index is 11.7. The van der Waals surface area contributed by atoms with Crippen LogP contribution in [0.25, 0.3) is 0 Å². The molecule has 0 fully saturated rings. The molecule has 1 amide bonds. The molecule has 5 heteroatoms. The predicted molar refractivity (Wildman–Crippen MR) is 74.6 cm³/mol. The summed E-state index contributed by atoms with van der Waals surface area (Å²) in [5, 5.41) is 13.6. The number of benzene rings is 2. The van der Waals surface area contributed by atoms with E-state index in [0.717, 1.165) is 5.56 Å². The van der Waals surface area contributed by atoms with Crippen molar-refractivity contribution in [2.75, 3.05) is 0 Å². The number of halogens is 1. The molecule has 0 bridgehead atoms. The standard InChI is InChI=1S/C14H11ClN2O2/c15-12-5-1-10(2-6-12)9-16-17-14(19)11-3-7-13(18)8-4-11/h1-9,18H,(H,17,19)/b16-9+. The minimum Gasteiger partial charge on any atom is -0.508 e. The molecule has 0 aliphatic carbocycles. The summed E-state index contributed by atoms with van der Waals surface area (Å²) < 4.78 is 0. The Morgan fingerprint density at radius 3 is 2.37 bits per heavy atom. The number of rotatable bonds is 3. The fraction of sp³-hybridized carbons (Fsp3) is 0. The summed E-state index contributed by atoms with van der Waals surface area (Å²) in [5.74, 6) is -0.230. The van der Waals surface area contributed by atoms with Crippen LogP contribution in [0, 0.1) is 0 Å². The highest BCUT2D eigenvalue weighted by Gasteiger charge is 2.02. The van der Waals surface area contributed by atoms with Crippen LogP contribution < -0.4 is 5.43 Å². The van der Waals surface area contributed by atoms with Gasteiger partial charge in [0.1, 0.15) is 5.75 Å². The summed E-state index contributed by atoms with van der Waals surface area (Å²) >= 11 is 5.75. The second-order valence-electron chi connectivity index (χ2n) is 3.80. The van der Waals surface area contributed by atoms with E-state index in [9.17, 15) is 4.79 Å². The molecule has 19 heavy (non-hydrogen) atoms. The fourth-order valence-corrected chi connectivity index (χ4v) is 1.52. The molecule has 2 rings (SSSR count). The van der Waals surface area contributed by atoms with Crippen LogP contribution in [0.3, 0.4) is 0 Å². The Kier molecular flexibility index (Phi) is 4.15. The van der Waals surface area contributed by atoms with Gasteiger partial charge in [-0.3, -0.25) is 4.79 Å². The number of carbonyl (C=O) groups is 1. The van der Waals surface area contributed by atoms with Crippen LogP contribution in [-0.4, -0.2) is 17.2 Å². The molecule has 0 saturated heterocycles. The third-order valence-corrected chi connectivity index (χ3v) is 2.63. The monoisotopic (exact) mass is 274 g/mol. The van der Waals surface area contributed by atoms with Crippen molar-refractivity contribution in [2.45, 2.75) is 0 Å². The lowest BCUT2D eigenvalue weighted by Gasteiger charge is -1.99. The third kappa shape index (κ3) is 3.82. The zero-order valence-electron chi connectivity index (χ0n) is 9.88. The summed E-state index contributed by atoms with van der Waals surface area (Å²) in [6.07, 6.45) is 1.52. The molecule has 2 aromatic carbocycles. The molecular formula is C14H11ClN2O2. The Labute approximate surface area is 115 Å². The van der Waals surface area contributed by atoms with Gasteiger partial charge in [-0.05, 0) is 42.0 Å². The molecule has 0 aliphatic heterocycles. The highest BCUT2D eigenvalue weighted by Crippen LogP contribution is 2.09. The third-order valence-electron chi connectivity index (χ3n) is 2.38. The van der Waals surface area contributed by atoms with Gasteiger partial charge in [-0.2, -0.15) is 5.10 Å². The van der Waals surface area contributed by atoms with Crippen molar-refractivity contribution in [3.8, 4) is 5.75 Å². The fourth-order valence-electron chi connectivity index (χ4n) is 1.39. The first-order valence-electron chi connectivity index (χ1n) is 5.53. The van der Waals surface area contributed by atoms with Crippen molar-refractivity contribution in [3.63, 3.8) is 0 Å². The van der Waals surface area contributed by atoms with Crippen molar-refractivity contribution >= 4 is 23.7 Å². The minimum atomic E-state index is -0.342. The molecule has 0 heterocycles. The molecule has 4 nitrogen and oxygen atoms in total. The highest BCUT2D eigenvalue weighted by atomic mass is 35.5. The zero-order chi connectivity index (χ0) is 13.7. The molecule has 96 valence electrons. The summed E-state index contributed by atoms with van der Waals surface area (Å²) in [7, 11) is 0. The van der Waals surface area contributed by atoms with Crippen molar-refractivity contribution in [2.24, 2.45) is 5.10 Å². The second kappa shape index (κ2) is 6.02. The molecule has 0 aromatic heterocycles. The van der Waals surface area contributed by atoms with Crippen LogP contribution in [0.15, 0.2) is 53.6 Å². The lowest BCUT2D eigenvalue weighted by molar-refractivity contribution is 0.0955. The van der Waals surface area contributed by atoms with Crippen LogP contribution in [0.1, 0.15) is 15.9 Å². The number of nitrogens with zero attached hydrogens (tertiary/aromatic N) is 1. The summed E-state index contributed by atoms with van der Waals surface area (Å²) in [5.41, 5.74) is 3.65. The van der Waals surface area contributed by atoms with Gasteiger partial charge in [-0.25, -0.2) is 5.43 Å². The van der Waals surface area contributed by atoms with Crippen molar-refractivity contribution < 1.29 is 9.90 Å². The quantitative estimate of drug-likeness (QED) is 0.668. The van der Waals surface area contributed by atoms with E-state index in [2.05, 4.69) is 10.5 Å². The van der Waals surface area contributed by atoms with Crippen molar-refractivity contribution in [1.82, 2.24) is 5.43 Å². The first kappa shape index (κ1) is 13.1. The number of carbonyl (C=O) groups excluding carboxylic acids is 1. The number of nitrogens with one attached hydrogen (secondary N) is 1. The number of phenolic OH excluding ortho intramolecular Hbond substituents is 1. The Morgan fingerprint density at radius 2 is 1.74 bits per heavy atom. The Balaban J connectivity index is 1.96. The lowest BCUT2D eigenvalue weighted by Crippen LogP contribution is -2.17. The Bertz CT molecular complexity index is 592. The van der Waals surface area contributed by atoms with Gasteiger partial charge < -0.3 is 5.11 Å². The van der Waals surface area contributed by atoms with Crippen molar-refractivity contribution in [3.05, 3.63) is 64.7 Å². The number of phenols is 1. The van der Waals surface area contributed by atoms with Crippen LogP contribution in [0.5, 0.6) is 5.75 Å². The normalized spacial score (nSPS) is 10.6. The van der Waals surface area contributed by atoms with E-state index in [-0.39, 0.29) is 11.7 Å². The highest BCUT2D eigenvalue weighted by molar-refractivity contribution is 6.30. The maximum atomic E-state index is 11.7. The molecule has 0 aliphatic rings. The molecule has 0 atom stereocenters. The van der Waals surface area contributed by atoms with E-state index < -0.39 is 0 Å². The molecule has 2 N–H and O–H groups in total. The SMILES string of the molecule is O=C(N/N=C/c1ccc(Cl)cc1)c1ccc(O)cc1. The Morgan fingerprint density at radius 1 is 1.11 bits per heavy atom. The van der Waals surface area contributed by atoms with Crippen LogP contribution in [0.2, 0.25) is 5.02 Å². The van der Waals surface area contributed by atoms with Gasteiger partial charge in [0.15, 0.2) is 0 Å². The average molecular weight is 275 g/mol. The Hall–Kier alpha value is -2.33. The van der Waals surface area contributed by atoms with Crippen LogP contribution in [-0.2, 0) is 0 Å². The number of aromatic hydroxyl groups is 1. The number of hydrogen-bond donors (Lipinski definition) is 2. The average Bonchev–Trinajstić information content (AvgIpc) is 2.41. The summed E-state index contributed by atoms with van der Waals surface area (Å²) in [6, 6.07) is 13.0. The predicted octanol–water partition coefficient (Wildman–Crippen LogP) is 2.81. The van der Waals surface area contributed by atoms with E-state index in [0.29, 0.717) is 10.6 Å².